The molecular weight excluding hydrogens is 314 g/mol. The van der Waals surface area contributed by atoms with Crippen molar-refractivity contribution in [2.24, 2.45) is 5.92 Å². The minimum absolute atomic E-state index is 0.0982. The normalized spacial score (nSPS) is 19.1. The van der Waals surface area contributed by atoms with Crippen LogP contribution in [0, 0.1) is 12.8 Å². The Hall–Kier alpha value is -1.95. The third-order valence-corrected chi connectivity index (χ3v) is 5.59. The molecule has 2 aliphatic rings. The molecule has 0 aromatic carbocycles. The summed E-state index contributed by atoms with van der Waals surface area (Å²) >= 11 is 0. The van der Waals surface area contributed by atoms with E-state index in [0.717, 1.165) is 51.1 Å². The second-order valence-electron chi connectivity index (χ2n) is 7.56. The van der Waals surface area contributed by atoms with E-state index in [4.69, 9.17) is 5.10 Å². The van der Waals surface area contributed by atoms with Gasteiger partial charge in [-0.15, -0.1) is 0 Å². The molecule has 2 aromatic rings. The summed E-state index contributed by atoms with van der Waals surface area (Å²) in [5.41, 5.74) is 3.45. The minimum atomic E-state index is 0.0982. The van der Waals surface area contributed by atoms with E-state index in [2.05, 4.69) is 20.6 Å². The van der Waals surface area contributed by atoms with Crippen molar-refractivity contribution in [2.45, 2.75) is 58.7 Å². The van der Waals surface area contributed by atoms with E-state index in [1.807, 2.05) is 6.92 Å². The zero-order valence-corrected chi connectivity index (χ0v) is 15.0. The molecule has 1 saturated heterocycles. The van der Waals surface area contributed by atoms with Crippen LogP contribution in [0.1, 0.15) is 42.6 Å². The van der Waals surface area contributed by atoms with Gasteiger partial charge in [-0.3, -0.25) is 18.9 Å². The van der Waals surface area contributed by atoms with Crippen molar-refractivity contribution in [1.29, 1.82) is 0 Å². The molecule has 4 heterocycles. The molecule has 1 fully saturated rings. The van der Waals surface area contributed by atoms with Crippen molar-refractivity contribution in [3.8, 4) is 0 Å². The van der Waals surface area contributed by atoms with E-state index in [0.29, 0.717) is 5.92 Å². The number of likely N-dealkylation sites (tertiary alicyclic amines) is 1. The monoisotopic (exact) mass is 341 g/mol. The first-order valence-corrected chi connectivity index (χ1v) is 9.48. The van der Waals surface area contributed by atoms with Crippen LogP contribution in [0.2, 0.25) is 0 Å². The molecule has 2 aromatic heterocycles. The van der Waals surface area contributed by atoms with Crippen LogP contribution in [0.5, 0.6) is 0 Å². The molecule has 0 aliphatic carbocycles. The molecule has 0 atom stereocenters. The Labute approximate surface area is 148 Å². The third kappa shape index (κ3) is 3.68. The molecule has 0 unspecified atom stereocenters. The summed E-state index contributed by atoms with van der Waals surface area (Å²) in [7, 11) is 0. The summed E-state index contributed by atoms with van der Waals surface area (Å²) in [5.74, 6) is 0.563. The van der Waals surface area contributed by atoms with Gasteiger partial charge in [0.25, 0.3) is 5.56 Å². The average molecular weight is 341 g/mol. The lowest BCUT2D eigenvalue weighted by Crippen LogP contribution is -2.36. The first kappa shape index (κ1) is 16.5. The van der Waals surface area contributed by atoms with Gasteiger partial charge in [-0.1, -0.05) is 0 Å². The summed E-state index contributed by atoms with van der Waals surface area (Å²) in [5, 5.41) is 4.77. The van der Waals surface area contributed by atoms with E-state index in [9.17, 15) is 4.79 Å². The van der Waals surface area contributed by atoms with Crippen molar-refractivity contribution in [3.05, 3.63) is 45.9 Å². The van der Waals surface area contributed by atoms with Crippen LogP contribution in [0.25, 0.3) is 0 Å². The van der Waals surface area contributed by atoms with Gasteiger partial charge in [-0.05, 0) is 64.1 Å². The molecule has 25 heavy (non-hydrogen) atoms. The zero-order valence-electron chi connectivity index (χ0n) is 15.0. The molecule has 134 valence electrons. The third-order valence-electron chi connectivity index (χ3n) is 5.59. The van der Waals surface area contributed by atoms with Crippen LogP contribution in [-0.2, 0) is 26.1 Å². The molecule has 0 radical (unpaired) electrons. The zero-order chi connectivity index (χ0) is 17.2. The Kier molecular flexibility index (Phi) is 4.70. The first-order valence-electron chi connectivity index (χ1n) is 9.48. The summed E-state index contributed by atoms with van der Waals surface area (Å²) < 4.78 is 3.97. The lowest BCUT2D eigenvalue weighted by Gasteiger charge is -2.31. The molecule has 4 rings (SSSR count). The molecule has 6 nitrogen and oxygen atoms in total. The van der Waals surface area contributed by atoms with Crippen LogP contribution in [0.4, 0.5) is 0 Å². The second-order valence-corrected chi connectivity index (χ2v) is 7.56. The van der Waals surface area contributed by atoms with Crippen LogP contribution in [-0.4, -0.2) is 37.3 Å². The fraction of sp³-hybridized carbons (Fsp3) is 0.632. The van der Waals surface area contributed by atoms with Gasteiger partial charge in [-0.25, -0.2) is 4.98 Å². The number of aryl methyl sites for hydroxylation is 3. The van der Waals surface area contributed by atoms with Crippen LogP contribution in [0.3, 0.4) is 0 Å². The van der Waals surface area contributed by atoms with Gasteiger partial charge in [0, 0.05) is 37.1 Å². The second kappa shape index (κ2) is 7.12. The van der Waals surface area contributed by atoms with Crippen LogP contribution >= 0.6 is 0 Å². The minimum Gasteiger partial charge on any atom is -0.299 e. The van der Waals surface area contributed by atoms with Crippen molar-refractivity contribution in [2.75, 3.05) is 13.1 Å². The topological polar surface area (TPSA) is 56.0 Å². The lowest BCUT2D eigenvalue weighted by molar-refractivity contribution is 0.164. The van der Waals surface area contributed by atoms with Crippen LogP contribution in [0.15, 0.2) is 23.4 Å². The average Bonchev–Trinajstić information content (AvgIpc) is 3.03. The van der Waals surface area contributed by atoms with Gasteiger partial charge in [0.15, 0.2) is 0 Å². The first-order chi connectivity index (χ1) is 12.2. The Balaban J connectivity index is 1.31. The largest absolute Gasteiger partial charge is 0.299 e. The number of hydrogen-bond donors (Lipinski definition) is 0. The maximum Gasteiger partial charge on any atom is 0.256 e. The summed E-state index contributed by atoms with van der Waals surface area (Å²) in [6, 6.07) is 2.29. The highest BCUT2D eigenvalue weighted by atomic mass is 16.1. The summed E-state index contributed by atoms with van der Waals surface area (Å²) in [6.07, 6.45) is 9.32. The van der Waals surface area contributed by atoms with E-state index < -0.39 is 0 Å². The Bertz CT molecular complexity index is 762. The van der Waals surface area contributed by atoms with Gasteiger partial charge in [0.05, 0.1) is 12.0 Å². The summed E-state index contributed by atoms with van der Waals surface area (Å²) in [4.78, 5) is 18.8. The maximum atomic E-state index is 12.1. The molecule has 0 spiro atoms. The predicted molar refractivity (Wildman–Crippen MR) is 96.4 cm³/mol. The Morgan fingerprint density at radius 1 is 1.20 bits per heavy atom. The molecule has 0 saturated carbocycles. The number of nitrogens with zero attached hydrogens (tertiary/aromatic N) is 5. The molecule has 2 aliphatic heterocycles. The maximum absolute atomic E-state index is 12.1. The highest BCUT2D eigenvalue weighted by Crippen LogP contribution is 2.21. The molecule has 6 heteroatoms. The van der Waals surface area contributed by atoms with E-state index >= 15 is 0 Å². The fourth-order valence-corrected chi connectivity index (χ4v) is 4.08. The van der Waals surface area contributed by atoms with Gasteiger partial charge in [-0.2, -0.15) is 5.10 Å². The molecule has 0 bridgehead atoms. The van der Waals surface area contributed by atoms with Crippen molar-refractivity contribution in [3.63, 3.8) is 0 Å². The quantitative estimate of drug-likeness (QED) is 0.853. The number of aromatic nitrogens is 4. The Morgan fingerprint density at radius 3 is 2.84 bits per heavy atom. The van der Waals surface area contributed by atoms with E-state index in [1.165, 1.54) is 30.7 Å². The molecular formula is C19H27N5O. The number of piperidine rings is 1. The van der Waals surface area contributed by atoms with Gasteiger partial charge >= 0.3 is 0 Å². The van der Waals surface area contributed by atoms with Gasteiger partial charge in [0.1, 0.15) is 0 Å². The fourth-order valence-electron chi connectivity index (χ4n) is 4.08. The lowest BCUT2D eigenvalue weighted by atomic mass is 9.96. The standard InChI is InChI=1S/C19H27N5O/c1-15-11-20-14-23(19(15)25)12-16-5-8-22(9-6-16)13-17-10-18-4-2-3-7-24(18)21-17/h10-11,14,16H,2-9,12-13H2,1H3. The van der Waals surface area contributed by atoms with Crippen LogP contribution < -0.4 is 5.56 Å². The van der Waals surface area contributed by atoms with Gasteiger partial charge in [0.2, 0.25) is 0 Å². The molecule has 0 amide bonds. The van der Waals surface area contributed by atoms with E-state index in [1.54, 1.807) is 17.1 Å². The van der Waals surface area contributed by atoms with E-state index in [-0.39, 0.29) is 5.56 Å². The Morgan fingerprint density at radius 2 is 2.04 bits per heavy atom. The van der Waals surface area contributed by atoms with Gasteiger partial charge < -0.3 is 0 Å². The number of fused-ring (bicyclic) bond motifs is 1. The summed E-state index contributed by atoms with van der Waals surface area (Å²) in [6.45, 7) is 6.83. The van der Waals surface area contributed by atoms with Crippen molar-refractivity contribution in [1.82, 2.24) is 24.2 Å². The molecule has 0 N–H and O–H groups in total. The number of rotatable bonds is 4. The van der Waals surface area contributed by atoms with Crippen molar-refractivity contribution >= 4 is 0 Å². The van der Waals surface area contributed by atoms with Crippen molar-refractivity contribution < 1.29 is 0 Å². The highest BCUT2D eigenvalue weighted by molar-refractivity contribution is 5.12. The highest BCUT2D eigenvalue weighted by Gasteiger charge is 2.21. The number of hydrogen-bond acceptors (Lipinski definition) is 4. The predicted octanol–water partition coefficient (Wildman–Crippen LogP) is 2.00. The SMILES string of the molecule is Cc1cncn(CC2CCN(Cc3cc4n(n3)CCCC4)CC2)c1=O. The smallest absolute Gasteiger partial charge is 0.256 e.